The molecule has 4 heteroatoms. The average Bonchev–Trinajstić information content (AvgIpc) is 2.34. The van der Waals surface area contributed by atoms with Gasteiger partial charge in [-0.2, -0.15) is 0 Å². The van der Waals surface area contributed by atoms with Gasteiger partial charge in [0, 0.05) is 25.4 Å². The lowest BCUT2D eigenvalue weighted by Crippen LogP contribution is -2.22. The number of halogens is 1. The summed E-state index contributed by atoms with van der Waals surface area (Å²) in [4.78, 5) is 11.6. The molecule has 2 rings (SSSR count). The Morgan fingerprint density at radius 3 is 2.78 bits per heavy atom. The van der Waals surface area contributed by atoms with E-state index in [-0.39, 0.29) is 11.4 Å². The van der Waals surface area contributed by atoms with Gasteiger partial charge in [-0.25, -0.2) is 4.39 Å². The van der Waals surface area contributed by atoms with Gasteiger partial charge in [0.25, 0.3) is 5.56 Å². The molecular weight excluding hydrogens is 231 g/mol. The van der Waals surface area contributed by atoms with Crippen LogP contribution in [-0.4, -0.2) is 11.1 Å². The molecule has 0 saturated carbocycles. The fraction of sp³-hybridized carbons (Fsp3) is 0.214. The molecule has 0 fully saturated rings. The van der Waals surface area contributed by atoms with E-state index in [1.54, 1.807) is 35.0 Å². The molecule has 94 valence electrons. The molecule has 3 nitrogen and oxygen atoms in total. The maximum absolute atomic E-state index is 13.3. The molecule has 0 spiro atoms. The van der Waals surface area contributed by atoms with Crippen LogP contribution in [-0.2, 0) is 6.54 Å². The zero-order valence-electron chi connectivity index (χ0n) is 10.2. The van der Waals surface area contributed by atoms with Gasteiger partial charge < -0.3 is 9.88 Å². The number of hydrogen-bond acceptors (Lipinski definition) is 2. The maximum atomic E-state index is 13.3. The molecule has 2 aromatic rings. The Hall–Kier alpha value is -2.10. The summed E-state index contributed by atoms with van der Waals surface area (Å²) in [6, 6.07) is 9.95. The second-order valence-corrected chi connectivity index (χ2v) is 4.14. The van der Waals surface area contributed by atoms with Gasteiger partial charge in [0.15, 0.2) is 0 Å². The summed E-state index contributed by atoms with van der Waals surface area (Å²) in [5, 5.41) is 2.97. The molecule has 1 N–H and O–H groups in total. The Kier molecular flexibility index (Phi) is 3.77. The predicted octanol–water partition coefficient (Wildman–Crippen LogP) is 2.41. The third-order valence-electron chi connectivity index (χ3n) is 2.69. The number of aromatic nitrogens is 1. The van der Waals surface area contributed by atoms with E-state index >= 15 is 0 Å². The van der Waals surface area contributed by atoms with Crippen LogP contribution in [0.25, 0.3) is 0 Å². The van der Waals surface area contributed by atoms with Gasteiger partial charge in [-0.3, -0.25) is 4.79 Å². The highest BCUT2D eigenvalue weighted by Gasteiger charge is 2.00. The molecule has 0 radical (unpaired) electrons. The van der Waals surface area contributed by atoms with E-state index in [2.05, 4.69) is 5.32 Å². The fourth-order valence-electron chi connectivity index (χ4n) is 1.71. The molecule has 1 aromatic carbocycles. The quantitative estimate of drug-likeness (QED) is 0.898. The van der Waals surface area contributed by atoms with Gasteiger partial charge in [-0.1, -0.05) is 12.1 Å². The Bertz CT molecular complexity index is 592. The minimum Gasteiger partial charge on any atom is -0.381 e. The smallest absolute Gasteiger partial charge is 0.250 e. The standard InChI is InChI=1S/C14H15FN2O/c1-11-6-8-17(14(18)10-11)9-7-16-13-5-3-2-4-12(13)15/h2-6,8,10,16H,7,9H2,1H3. The van der Waals surface area contributed by atoms with Crippen LogP contribution in [0.15, 0.2) is 47.4 Å². The minimum absolute atomic E-state index is 0.0367. The molecule has 18 heavy (non-hydrogen) atoms. The average molecular weight is 246 g/mol. The van der Waals surface area contributed by atoms with E-state index in [4.69, 9.17) is 0 Å². The van der Waals surface area contributed by atoms with Crippen LogP contribution in [0.4, 0.5) is 10.1 Å². The third-order valence-corrected chi connectivity index (χ3v) is 2.69. The van der Waals surface area contributed by atoms with Gasteiger partial charge in [0.2, 0.25) is 0 Å². The first-order valence-corrected chi connectivity index (χ1v) is 5.82. The van der Waals surface area contributed by atoms with Gasteiger partial charge >= 0.3 is 0 Å². The van der Waals surface area contributed by atoms with Crippen LogP contribution >= 0.6 is 0 Å². The molecule has 0 saturated heterocycles. The van der Waals surface area contributed by atoms with Crippen LogP contribution in [0, 0.1) is 12.7 Å². The molecule has 0 aliphatic heterocycles. The highest BCUT2D eigenvalue weighted by molar-refractivity contribution is 5.44. The highest BCUT2D eigenvalue weighted by Crippen LogP contribution is 2.11. The number of aryl methyl sites for hydroxylation is 1. The SMILES string of the molecule is Cc1ccn(CCNc2ccccc2F)c(=O)c1. The van der Waals surface area contributed by atoms with Gasteiger partial charge in [-0.15, -0.1) is 0 Å². The largest absolute Gasteiger partial charge is 0.381 e. The van der Waals surface area contributed by atoms with Crippen molar-refractivity contribution >= 4 is 5.69 Å². The third kappa shape index (κ3) is 2.97. The van der Waals surface area contributed by atoms with Crippen molar-refractivity contribution in [2.45, 2.75) is 13.5 Å². The minimum atomic E-state index is -0.284. The van der Waals surface area contributed by atoms with Crippen molar-refractivity contribution in [2.24, 2.45) is 0 Å². The van der Waals surface area contributed by atoms with Crippen LogP contribution < -0.4 is 10.9 Å². The summed E-state index contributed by atoms with van der Waals surface area (Å²) in [7, 11) is 0. The van der Waals surface area contributed by atoms with E-state index in [1.165, 1.54) is 6.07 Å². The summed E-state index contributed by atoms with van der Waals surface area (Å²) in [6.07, 6.45) is 1.75. The van der Waals surface area contributed by atoms with Crippen molar-refractivity contribution in [3.8, 4) is 0 Å². The summed E-state index contributed by atoms with van der Waals surface area (Å²) in [6.45, 7) is 2.89. The predicted molar refractivity (Wildman–Crippen MR) is 70.3 cm³/mol. The number of benzene rings is 1. The number of anilines is 1. The molecule has 0 bridgehead atoms. The number of nitrogens with one attached hydrogen (secondary N) is 1. The van der Waals surface area contributed by atoms with Crippen molar-refractivity contribution in [2.75, 3.05) is 11.9 Å². The lowest BCUT2D eigenvalue weighted by molar-refractivity contribution is 0.626. The molecule has 0 unspecified atom stereocenters. The number of para-hydroxylation sites is 1. The summed E-state index contributed by atoms with van der Waals surface area (Å²) in [5.41, 5.74) is 1.36. The summed E-state index contributed by atoms with van der Waals surface area (Å²) in [5.74, 6) is -0.284. The first-order chi connectivity index (χ1) is 8.66. The molecule has 1 aromatic heterocycles. The van der Waals surface area contributed by atoms with Gasteiger partial charge in [-0.05, 0) is 30.7 Å². The van der Waals surface area contributed by atoms with Crippen LogP contribution in [0.2, 0.25) is 0 Å². The second-order valence-electron chi connectivity index (χ2n) is 4.14. The summed E-state index contributed by atoms with van der Waals surface area (Å²) < 4.78 is 14.9. The number of pyridine rings is 1. The molecule has 0 amide bonds. The zero-order valence-corrected chi connectivity index (χ0v) is 10.2. The number of rotatable bonds is 4. The van der Waals surface area contributed by atoms with Crippen molar-refractivity contribution < 1.29 is 4.39 Å². The van der Waals surface area contributed by atoms with Crippen LogP contribution in [0.1, 0.15) is 5.56 Å². The van der Waals surface area contributed by atoms with Crippen molar-refractivity contribution in [3.05, 3.63) is 64.3 Å². The Morgan fingerprint density at radius 2 is 2.06 bits per heavy atom. The zero-order chi connectivity index (χ0) is 13.0. The van der Waals surface area contributed by atoms with E-state index in [1.807, 2.05) is 13.0 Å². The summed E-state index contributed by atoms with van der Waals surface area (Å²) >= 11 is 0. The van der Waals surface area contributed by atoms with Crippen LogP contribution in [0.5, 0.6) is 0 Å². The van der Waals surface area contributed by atoms with Crippen molar-refractivity contribution in [3.63, 3.8) is 0 Å². The Morgan fingerprint density at radius 1 is 1.28 bits per heavy atom. The molecule has 0 atom stereocenters. The van der Waals surface area contributed by atoms with E-state index in [0.717, 1.165) is 5.56 Å². The van der Waals surface area contributed by atoms with E-state index in [0.29, 0.717) is 18.8 Å². The molecule has 1 heterocycles. The lowest BCUT2D eigenvalue weighted by Gasteiger charge is -2.09. The monoisotopic (exact) mass is 246 g/mol. The maximum Gasteiger partial charge on any atom is 0.250 e. The molecular formula is C14H15FN2O. The van der Waals surface area contributed by atoms with Crippen molar-refractivity contribution in [1.29, 1.82) is 0 Å². The van der Waals surface area contributed by atoms with Gasteiger partial charge in [0.05, 0.1) is 5.69 Å². The van der Waals surface area contributed by atoms with E-state index < -0.39 is 0 Å². The number of hydrogen-bond donors (Lipinski definition) is 1. The fourth-order valence-corrected chi connectivity index (χ4v) is 1.71. The van der Waals surface area contributed by atoms with E-state index in [9.17, 15) is 9.18 Å². The highest BCUT2D eigenvalue weighted by atomic mass is 19.1. The second kappa shape index (κ2) is 5.49. The first kappa shape index (κ1) is 12.4. The first-order valence-electron chi connectivity index (χ1n) is 5.82. The van der Waals surface area contributed by atoms with Crippen molar-refractivity contribution in [1.82, 2.24) is 4.57 Å². The Balaban J connectivity index is 1.97. The molecule has 0 aliphatic carbocycles. The molecule has 0 aliphatic rings. The Labute approximate surface area is 105 Å². The van der Waals surface area contributed by atoms with Gasteiger partial charge in [0.1, 0.15) is 5.82 Å². The topological polar surface area (TPSA) is 34.0 Å². The lowest BCUT2D eigenvalue weighted by atomic mass is 10.3. The number of nitrogens with zero attached hydrogens (tertiary/aromatic N) is 1. The normalized spacial score (nSPS) is 10.3. The van der Waals surface area contributed by atoms with Crippen LogP contribution in [0.3, 0.4) is 0 Å².